The average Bonchev–Trinajstić information content (AvgIpc) is 3.35. The van der Waals surface area contributed by atoms with Crippen molar-refractivity contribution in [3.8, 4) is 0 Å². The summed E-state index contributed by atoms with van der Waals surface area (Å²) in [5.41, 5.74) is 6.44. The number of ether oxygens (including phenoxy) is 1. The number of nitrogens with zero attached hydrogens (tertiary/aromatic N) is 1. The minimum absolute atomic E-state index is 0.109. The van der Waals surface area contributed by atoms with Crippen molar-refractivity contribution < 1.29 is 23.9 Å². The molecule has 9 heteroatoms. The molecular formula is C30H48N4O5. The van der Waals surface area contributed by atoms with Crippen LogP contribution >= 0.6 is 0 Å². The number of nitrogens with two attached hydrogens (primary N) is 1. The fourth-order valence-corrected chi connectivity index (χ4v) is 4.72. The van der Waals surface area contributed by atoms with Crippen LogP contribution in [-0.2, 0) is 30.3 Å². The Morgan fingerprint density at radius 1 is 1.05 bits per heavy atom. The number of benzene rings is 1. The van der Waals surface area contributed by atoms with Gasteiger partial charge in [-0.15, -0.1) is 0 Å². The SMILES string of the molecule is CC[C@H](C)[C@H](NC(=O)[C@@H](N)Cc1ccccc1)C(=O)N[C@@H](CC(C)C)C(=O)N1CCC[C@H]1C(=O)OC(C)(C)C. The third kappa shape index (κ3) is 9.95. The van der Waals surface area contributed by atoms with Gasteiger partial charge >= 0.3 is 5.97 Å². The van der Waals surface area contributed by atoms with Gasteiger partial charge in [0, 0.05) is 6.54 Å². The number of hydrogen-bond donors (Lipinski definition) is 3. The zero-order chi connectivity index (χ0) is 29.3. The van der Waals surface area contributed by atoms with E-state index < -0.39 is 47.6 Å². The Labute approximate surface area is 233 Å². The Kier molecular flexibility index (Phi) is 12.0. The van der Waals surface area contributed by atoms with Gasteiger partial charge in [0.2, 0.25) is 17.7 Å². The van der Waals surface area contributed by atoms with Crippen molar-refractivity contribution in [2.24, 2.45) is 17.6 Å². The van der Waals surface area contributed by atoms with Crippen molar-refractivity contribution in [2.75, 3.05) is 6.54 Å². The van der Waals surface area contributed by atoms with Crippen LogP contribution in [0.3, 0.4) is 0 Å². The molecule has 9 nitrogen and oxygen atoms in total. The summed E-state index contributed by atoms with van der Waals surface area (Å²) in [5, 5.41) is 5.74. The summed E-state index contributed by atoms with van der Waals surface area (Å²) in [6.07, 6.45) is 2.59. The molecule has 0 saturated carbocycles. The largest absolute Gasteiger partial charge is 0.458 e. The third-order valence-electron chi connectivity index (χ3n) is 6.96. The standard InChI is InChI=1S/C30H48N4O5/c1-8-20(4)25(33-26(35)22(31)18-21-13-10-9-11-14-21)27(36)32-23(17-19(2)3)28(37)34-16-12-15-24(34)29(38)39-30(5,6)7/h9-11,13-14,19-20,22-25H,8,12,15-18,31H2,1-7H3,(H,32,36)(H,33,35)/t20-,22-,23-,24-,25-/m0/s1. The van der Waals surface area contributed by atoms with Gasteiger partial charge in [0.05, 0.1) is 6.04 Å². The molecule has 2 rings (SSSR count). The van der Waals surface area contributed by atoms with Crippen LogP contribution in [0.2, 0.25) is 0 Å². The molecule has 1 aliphatic heterocycles. The van der Waals surface area contributed by atoms with Crippen LogP contribution in [0.25, 0.3) is 0 Å². The summed E-state index contributed by atoms with van der Waals surface area (Å²) in [5.74, 6) is -1.67. The molecule has 5 atom stereocenters. The predicted octanol–water partition coefficient (Wildman–Crippen LogP) is 2.95. The second-order valence-electron chi connectivity index (χ2n) is 12.1. The maximum Gasteiger partial charge on any atom is 0.329 e. The Balaban J connectivity index is 2.17. The normalized spacial score (nSPS) is 18.7. The minimum Gasteiger partial charge on any atom is -0.458 e. The molecule has 1 saturated heterocycles. The van der Waals surface area contributed by atoms with Crippen LogP contribution in [0, 0.1) is 11.8 Å². The van der Waals surface area contributed by atoms with Gasteiger partial charge in [0.15, 0.2) is 0 Å². The third-order valence-corrected chi connectivity index (χ3v) is 6.96. The zero-order valence-corrected chi connectivity index (χ0v) is 24.7. The number of likely N-dealkylation sites (tertiary alicyclic amines) is 1. The first kappa shape index (κ1) is 32.3. The van der Waals surface area contributed by atoms with Gasteiger partial charge in [0.1, 0.15) is 23.7 Å². The predicted molar refractivity (Wildman–Crippen MR) is 151 cm³/mol. The number of carbonyl (C=O) groups is 4. The highest BCUT2D eigenvalue weighted by Gasteiger charge is 2.40. The van der Waals surface area contributed by atoms with Crippen molar-refractivity contribution >= 4 is 23.7 Å². The first-order valence-electron chi connectivity index (χ1n) is 14.2. The van der Waals surface area contributed by atoms with Crippen molar-refractivity contribution in [1.29, 1.82) is 0 Å². The topological polar surface area (TPSA) is 131 Å². The maximum absolute atomic E-state index is 13.7. The van der Waals surface area contributed by atoms with Crippen molar-refractivity contribution in [3.63, 3.8) is 0 Å². The second kappa shape index (κ2) is 14.4. The summed E-state index contributed by atoms with van der Waals surface area (Å²) in [4.78, 5) is 54.6. The van der Waals surface area contributed by atoms with E-state index in [1.54, 1.807) is 20.8 Å². The number of esters is 1. The Morgan fingerprint density at radius 2 is 1.69 bits per heavy atom. The highest BCUT2D eigenvalue weighted by Crippen LogP contribution is 2.23. The van der Waals surface area contributed by atoms with Gasteiger partial charge in [-0.3, -0.25) is 14.4 Å². The van der Waals surface area contributed by atoms with E-state index in [1.165, 1.54) is 4.90 Å². The van der Waals surface area contributed by atoms with Gasteiger partial charge in [-0.2, -0.15) is 0 Å². The lowest BCUT2D eigenvalue weighted by atomic mass is 9.96. The molecule has 0 radical (unpaired) electrons. The lowest BCUT2D eigenvalue weighted by molar-refractivity contribution is -0.163. The molecule has 1 aromatic rings. The van der Waals surface area contributed by atoms with E-state index in [4.69, 9.17) is 10.5 Å². The first-order chi connectivity index (χ1) is 18.2. The van der Waals surface area contributed by atoms with E-state index in [2.05, 4.69) is 10.6 Å². The monoisotopic (exact) mass is 544 g/mol. The highest BCUT2D eigenvalue weighted by atomic mass is 16.6. The molecule has 0 bridgehead atoms. The van der Waals surface area contributed by atoms with E-state index in [0.29, 0.717) is 38.6 Å². The van der Waals surface area contributed by atoms with Crippen LogP contribution in [-0.4, -0.2) is 64.9 Å². The molecule has 0 unspecified atom stereocenters. The first-order valence-corrected chi connectivity index (χ1v) is 14.2. The molecule has 1 heterocycles. The van der Waals surface area contributed by atoms with Gasteiger partial charge in [0.25, 0.3) is 0 Å². The van der Waals surface area contributed by atoms with E-state index >= 15 is 0 Å². The van der Waals surface area contributed by atoms with Crippen LogP contribution < -0.4 is 16.4 Å². The van der Waals surface area contributed by atoms with E-state index in [1.807, 2.05) is 58.0 Å². The van der Waals surface area contributed by atoms with Gasteiger partial charge in [-0.25, -0.2) is 4.79 Å². The zero-order valence-electron chi connectivity index (χ0n) is 24.7. The number of carbonyl (C=O) groups excluding carboxylic acids is 4. The Morgan fingerprint density at radius 3 is 2.26 bits per heavy atom. The maximum atomic E-state index is 13.7. The van der Waals surface area contributed by atoms with Gasteiger partial charge < -0.3 is 26.0 Å². The molecule has 1 aliphatic rings. The smallest absolute Gasteiger partial charge is 0.329 e. The van der Waals surface area contributed by atoms with E-state index in [-0.39, 0.29) is 17.7 Å². The summed E-state index contributed by atoms with van der Waals surface area (Å²) < 4.78 is 5.56. The quantitative estimate of drug-likeness (QED) is 0.347. The lowest BCUT2D eigenvalue weighted by Gasteiger charge is -2.32. The molecule has 1 fully saturated rings. The van der Waals surface area contributed by atoms with Crippen LogP contribution in [0.4, 0.5) is 0 Å². The van der Waals surface area contributed by atoms with Gasteiger partial charge in [-0.1, -0.05) is 64.4 Å². The minimum atomic E-state index is -0.855. The van der Waals surface area contributed by atoms with Crippen LogP contribution in [0.15, 0.2) is 30.3 Å². The molecule has 4 N–H and O–H groups in total. The molecular weight excluding hydrogens is 496 g/mol. The highest BCUT2D eigenvalue weighted by molar-refractivity contribution is 5.94. The fourth-order valence-electron chi connectivity index (χ4n) is 4.72. The summed E-state index contributed by atoms with van der Waals surface area (Å²) in [6, 6.07) is 6.28. The van der Waals surface area contributed by atoms with E-state index in [9.17, 15) is 19.2 Å². The van der Waals surface area contributed by atoms with Crippen LogP contribution in [0.1, 0.15) is 79.7 Å². The number of rotatable bonds is 12. The summed E-state index contributed by atoms with van der Waals surface area (Å²) in [6.45, 7) is 13.6. The van der Waals surface area contributed by atoms with Crippen molar-refractivity contribution in [3.05, 3.63) is 35.9 Å². The molecule has 39 heavy (non-hydrogen) atoms. The van der Waals surface area contributed by atoms with Crippen LogP contribution in [0.5, 0.6) is 0 Å². The number of nitrogens with one attached hydrogen (secondary N) is 2. The molecule has 0 aromatic heterocycles. The summed E-state index contributed by atoms with van der Waals surface area (Å²) in [7, 11) is 0. The second-order valence-corrected chi connectivity index (χ2v) is 12.1. The summed E-state index contributed by atoms with van der Waals surface area (Å²) >= 11 is 0. The fraction of sp³-hybridized carbons (Fsp3) is 0.667. The molecule has 0 spiro atoms. The Bertz CT molecular complexity index is 975. The molecule has 218 valence electrons. The van der Waals surface area contributed by atoms with E-state index in [0.717, 1.165) is 5.56 Å². The van der Waals surface area contributed by atoms with Crippen molar-refractivity contribution in [2.45, 2.75) is 110 Å². The average molecular weight is 545 g/mol. The van der Waals surface area contributed by atoms with Crippen molar-refractivity contribution in [1.82, 2.24) is 15.5 Å². The molecule has 0 aliphatic carbocycles. The molecule has 1 aromatic carbocycles. The van der Waals surface area contributed by atoms with Gasteiger partial charge in [-0.05, 0) is 63.9 Å². The number of amides is 3. The lowest BCUT2D eigenvalue weighted by Crippen LogP contribution is -2.59. The molecule has 3 amide bonds. The number of hydrogen-bond acceptors (Lipinski definition) is 6. The Hall–Kier alpha value is -2.94.